The molecule has 0 spiro atoms. The molecule has 0 fully saturated rings. The zero-order chi connectivity index (χ0) is 19.8. The number of para-hydroxylation sites is 1. The van der Waals surface area contributed by atoms with E-state index in [2.05, 4.69) is 10.1 Å². The number of nitrogens with one attached hydrogen (secondary N) is 1. The van der Waals surface area contributed by atoms with Crippen molar-refractivity contribution in [3.8, 4) is 11.3 Å². The Kier molecular flexibility index (Phi) is 4.95. The molecule has 1 aliphatic heterocycles. The number of amides is 1. The zero-order valence-electron chi connectivity index (χ0n) is 15.3. The van der Waals surface area contributed by atoms with Crippen molar-refractivity contribution >= 4 is 35.0 Å². The Bertz CT molecular complexity index is 1130. The third-order valence-corrected chi connectivity index (χ3v) is 5.51. The van der Waals surface area contributed by atoms with Gasteiger partial charge < -0.3 is 0 Å². The van der Waals surface area contributed by atoms with Gasteiger partial charge in [0.2, 0.25) is 11.1 Å². The number of hydrogen-bond donors (Lipinski definition) is 1. The Morgan fingerprint density at radius 1 is 1.29 bits per heavy atom. The molecule has 0 saturated heterocycles. The molecule has 1 amide bonds. The van der Waals surface area contributed by atoms with Crippen molar-refractivity contribution in [3.05, 3.63) is 69.5 Å². The number of nitrogens with zero attached hydrogens (tertiary/aromatic N) is 3. The van der Waals surface area contributed by atoms with E-state index in [4.69, 9.17) is 11.6 Å². The molecule has 8 heteroatoms. The SMILES string of the molecule is CCSc1n[n+]2c(c(=O)[nH]1)-c1ccccc1N(C(C)=O)[C@H]2c1cccc(Cl)c1. The van der Waals surface area contributed by atoms with E-state index in [0.717, 1.165) is 11.3 Å². The lowest BCUT2D eigenvalue weighted by Crippen LogP contribution is -2.60. The van der Waals surface area contributed by atoms with Gasteiger partial charge in [0.05, 0.1) is 11.3 Å². The summed E-state index contributed by atoms with van der Waals surface area (Å²) in [5, 5.41) is 5.73. The molecule has 1 N–H and O–H groups in total. The molecular weight excluding hydrogens is 396 g/mol. The number of aromatic amines is 1. The first kappa shape index (κ1) is 18.7. The summed E-state index contributed by atoms with van der Waals surface area (Å²) >= 11 is 7.66. The van der Waals surface area contributed by atoms with Gasteiger partial charge in [-0.15, -0.1) is 0 Å². The number of benzene rings is 2. The van der Waals surface area contributed by atoms with Crippen LogP contribution in [-0.2, 0) is 4.79 Å². The largest absolute Gasteiger partial charge is 0.325 e. The van der Waals surface area contributed by atoms with Crippen LogP contribution in [0.5, 0.6) is 0 Å². The van der Waals surface area contributed by atoms with E-state index in [9.17, 15) is 9.59 Å². The molecule has 1 atom stereocenters. The van der Waals surface area contributed by atoms with Gasteiger partial charge >= 0.3 is 11.3 Å². The molecule has 0 bridgehead atoms. The van der Waals surface area contributed by atoms with Gasteiger partial charge in [-0.25, -0.2) is 4.90 Å². The Morgan fingerprint density at radius 2 is 2.07 bits per heavy atom. The van der Waals surface area contributed by atoms with E-state index in [-0.39, 0.29) is 11.5 Å². The molecule has 1 aromatic heterocycles. The average molecular weight is 414 g/mol. The molecule has 0 saturated carbocycles. The first-order valence-corrected chi connectivity index (χ1v) is 10.2. The monoisotopic (exact) mass is 413 g/mol. The summed E-state index contributed by atoms with van der Waals surface area (Å²) in [6, 6.07) is 14.6. The van der Waals surface area contributed by atoms with Crippen LogP contribution in [0.4, 0.5) is 5.69 Å². The highest BCUT2D eigenvalue weighted by Crippen LogP contribution is 2.37. The van der Waals surface area contributed by atoms with Crippen LogP contribution in [0.25, 0.3) is 11.3 Å². The molecule has 0 aliphatic carbocycles. The lowest BCUT2D eigenvalue weighted by Gasteiger charge is -2.31. The van der Waals surface area contributed by atoms with Crippen LogP contribution in [0, 0.1) is 0 Å². The van der Waals surface area contributed by atoms with Gasteiger partial charge in [-0.05, 0) is 34.7 Å². The summed E-state index contributed by atoms with van der Waals surface area (Å²) in [4.78, 5) is 30.2. The van der Waals surface area contributed by atoms with Crippen LogP contribution in [0.3, 0.4) is 0 Å². The molecule has 28 heavy (non-hydrogen) atoms. The van der Waals surface area contributed by atoms with E-state index in [0.29, 0.717) is 27.1 Å². The van der Waals surface area contributed by atoms with Crippen LogP contribution in [-0.4, -0.2) is 21.7 Å². The fraction of sp³-hybridized carbons (Fsp3) is 0.200. The highest BCUT2D eigenvalue weighted by molar-refractivity contribution is 7.99. The van der Waals surface area contributed by atoms with Gasteiger partial charge in [0.1, 0.15) is 0 Å². The Balaban J connectivity index is 2.07. The topological polar surface area (TPSA) is 69.9 Å². The minimum atomic E-state index is -0.611. The normalized spacial score (nSPS) is 15.1. The fourth-order valence-electron chi connectivity index (χ4n) is 3.48. The number of H-pyrrole nitrogens is 1. The lowest BCUT2D eigenvalue weighted by atomic mass is 10.0. The lowest BCUT2D eigenvalue weighted by molar-refractivity contribution is -0.763. The van der Waals surface area contributed by atoms with Crippen LogP contribution < -0.4 is 15.1 Å². The number of hydrogen-bond acceptors (Lipinski definition) is 4. The van der Waals surface area contributed by atoms with Gasteiger partial charge in [-0.3, -0.25) is 14.6 Å². The maximum absolute atomic E-state index is 13.0. The van der Waals surface area contributed by atoms with E-state index in [1.54, 1.807) is 21.7 Å². The number of halogens is 1. The van der Waals surface area contributed by atoms with Crippen molar-refractivity contribution in [2.24, 2.45) is 0 Å². The summed E-state index contributed by atoms with van der Waals surface area (Å²) in [6.45, 7) is 3.50. The van der Waals surface area contributed by atoms with Crippen LogP contribution in [0.1, 0.15) is 25.6 Å². The third kappa shape index (κ3) is 3.10. The standard InChI is InChI=1S/C20H17ClN4O2S/c1-3-28-20-22-18(27)17-15-9-4-5-10-16(15)24(12(2)26)19(25(17)23-20)13-7-6-8-14(21)11-13/h4-11,19H,3H2,1-2H3/p+1/t19-/m1/s1. The number of fused-ring (bicyclic) bond motifs is 3. The summed E-state index contributed by atoms with van der Waals surface area (Å²) in [5.41, 5.74) is 2.28. The number of carbonyl (C=O) groups is 1. The van der Waals surface area contributed by atoms with Crippen molar-refractivity contribution in [2.45, 2.75) is 25.2 Å². The molecule has 3 aromatic rings. The van der Waals surface area contributed by atoms with Crippen LogP contribution in [0.15, 0.2) is 58.5 Å². The average Bonchev–Trinajstić information content (AvgIpc) is 2.66. The van der Waals surface area contributed by atoms with Gasteiger partial charge in [0.15, 0.2) is 0 Å². The molecule has 0 unspecified atom stereocenters. The van der Waals surface area contributed by atoms with E-state index in [1.165, 1.54) is 18.7 Å². The predicted octanol–water partition coefficient (Wildman–Crippen LogP) is 3.40. The minimum Gasteiger partial charge on any atom is -0.291 e. The van der Waals surface area contributed by atoms with Crippen molar-refractivity contribution in [3.63, 3.8) is 0 Å². The quantitative estimate of drug-likeness (QED) is 0.527. The summed E-state index contributed by atoms with van der Waals surface area (Å²) in [5.74, 6) is 0.610. The number of anilines is 1. The molecule has 4 rings (SSSR count). The molecule has 142 valence electrons. The fourth-order valence-corrected chi connectivity index (χ4v) is 4.26. The van der Waals surface area contributed by atoms with Gasteiger partial charge in [0, 0.05) is 22.6 Å². The van der Waals surface area contributed by atoms with Crippen molar-refractivity contribution in [1.82, 2.24) is 10.1 Å². The number of thioether (sulfide) groups is 1. The highest BCUT2D eigenvalue weighted by atomic mass is 35.5. The van der Waals surface area contributed by atoms with Crippen molar-refractivity contribution < 1.29 is 9.48 Å². The molecule has 0 radical (unpaired) electrons. The van der Waals surface area contributed by atoms with Crippen LogP contribution >= 0.6 is 23.4 Å². The maximum Gasteiger partial charge on any atom is 0.325 e. The first-order chi connectivity index (χ1) is 13.5. The van der Waals surface area contributed by atoms with E-state index in [1.807, 2.05) is 43.3 Å². The zero-order valence-corrected chi connectivity index (χ0v) is 16.9. The molecule has 1 aliphatic rings. The Morgan fingerprint density at radius 3 is 2.79 bits per heavy atom. The second kappa shape index (κ2) is 7.41. The Hall–Kier alpha value is -2.64. The van der Waals surface area contributed by atoms with Crippen molar-refractivity contribution in [2.75, 3.05) is 10.7 Å². The number of aromatic nitrogens is 3. The predicted molar refractivity (Wildman–Crippen MR) is 110 cm³/mol. The minimum absolute atomic E-state index is 0.151. The summed E-state index contributed by atoms with van der Waals surface area (Å²) in [6.07, 6.45) is -0.611. The maximum atomic E-state index is 13.0. The molecular formula is C20H18ClN4O2S+. The van der Waals surface area contributed by atoms with E-state index < -0.39 is 6.17 Å². The number of rotatable bonds is 3. The third-order valence-electron chi connectivity index (χ3n) is 4.53. The summed E-state index contributed by atoms with van der Waals surface area (Å²) < 4.78 is 1.63. The molecule has 6 nitrogen and oxygen atoms in total. The van der Waals surface area contributed by atoms with Gasteiger partial charge in [-0.2, -0.15) is 0 Å². The second-order valence-corrected chi connectivity index (χ2v) is 8.01. The smallest absolute Gasteiger partial charge is 0.291 e. The Labute approximate surface area is 171 Å². The highest BCUT2D eigenvalue weighted by Gasteiger charge is 2.44. The van der Waals surface area contributed by atoms with Gasteiger partial charge in [0.25, 0.3) is 6.17 Å². The summed E-state index contributed by atoms with van der Waals surface area (Å²) in [7, 11) is 0. The van der Waals surface area contributed by atoms with E-state index >= 15 is 0 Å². The van der Waals surface area contributed by atoms with Gasteiger partial charge in [-0.1, -0.05) is 54.6 Å². The van der Waals surface area contributed by atoms with Crippen LogP contribution in [0.2, 0.25) is 5.02 Å². The number of carbonyl (C=O) groups excluding carboxylic acids is 1. The molecule has 2 aromatic carbocycles. The van der Waals surface area contributed by atoms with Crippen molar-refractivity contribution in [1.29, 1.82) is 0 Å². The first-order valence-electron chi connectivity index (χ1n) is 8.85. The second-order valence-electron chi connectivity index (χ2n) is 6.32. The molecule has 2 heterocycles.